The zero-order valence-electron chi connectivity index (χ0n) is 12.4. The van der Waals surface area contributed by atoms with Crippen molar-refractivity contribution in [3.63, 3.8) is 0 Å². The maximum Gasteiger partial charge on any atom is 0.326 e. The van der Waals surface area contributed by atoms with Gasteiger partial charge in [0.1, 0.15) is 18.1 Å². The molecule has 0 aromatic rings. The molecule has 10 heteroatoms. The maximum atomic E-state index is 12.1. The van der Waals surface area contributed by atoms with Crippen LogP contribution in [0.25, 0.3) is 0 Å². The molecule has 10 nitrogen and oxygen atoms in total. The molecule has 0 fully saturated rings. The SMILES string of the molecule is CC(C)C(NC(=O)C(N)CO)C(=O)NC(CC(N)=O)C(=O)O. The molecule has 0 rings (SSSR count). The largest absolute Gasteiger partial charge is 0.480 e. The Bertz CT molecular complexity index is 439. The van der Waals surface area contributed by atoms with Crippen LogP contribution in [0.1, 0.15) is 20.3 Å². The first kappa shape index (κ1) is 19.8. The number of aliphatic carboxylic acids is 1. The van der Waals surface area contributed by atoms with E-state index in [9.17, 15) is 19.2 Å². The molecule has 0 heterocycles. The molecule has 0 aromatic heterocycles. The van der Waals surface area contributed by atoms with Gasteiger partial charge in [0.05, 0.1) is 13.0 Å². The van der Waals surface area contributed by atoms with E-state index in [0.29, 0.717) is 0 Å². The van der Waals surface area contributed by atoms with Gasteiger partial charge in [0.25, 0.3) is 0 Å². The predicted octanol–water partition coefficient (Wildman–Crippen LogP) is -3.11. The van der Waals surface area contributed by atoms with Gasteiger partial charge in [-0.3, -0.25) is 14.4 Å². The van der Waals surface area contributed by atoms with Crippen LogP contribution in [0.3, 0.4) is 0 Å². The normalized spacial score (nSPS) is 14.8. The van der Waals surface area contributed by atoms with Gasteiger partial charge >= 0.3 is 5.97 Å². The van der Waals surface area contributed by atoms with Gasteiger partial charge in [0.15, 0.2) is 0 Å². The molecule has 22 heavy (non-hydrogen) atoms. The van der Waals surface area contributed by atoms with Crippen molar-refractivity contribution in [2.24, 2.45) is 17.4 Å². The summed E-state index contributed by atoms with van der Waals surface area (Å²) in [6.45, 7) is 2.65. The van der Waals surface area contributed by atoms with E-state index in [1.165, 1.54) is 0 Å². The molecule has 3 unspecified atom stereocenters. The standard InChI is InChI=1S/C12H22N4O6/c1-5(2)9(16-10(19)6(13)4-17)11(20)15-7(12(21)22)3-8(14)18/h5-7,9,17H,3-4,13H2,1-2H3,(H2,14,18)(H,15,20)(H,16,19)(H,21,22). The number of carboxylic acid groups (broad SMARTS) is 1. The lowest BCUT2D eigenvalue weighted by atomic mass is 10.0. The Morgan fingerprint density at radius 3 is 2.00 bits per heavy atom. The second-order valence-corrected chi connectivity index (χ2v) is 5.09. The molecule has 0 aromatic carbocycles. The van der Waals surface area contributed by atoms with Crippen LogP contribution in [-0.2, 0) is 19.2 Å². The van der Waals surface area contributed by atoms with Crippen LogP contribution < -0.4 is 22.1 Å². The molecule has 3 atom stereocenters. The minimum atomic E-state index is -1.49. The van der Waals surface area contributed by atoms with Gasteiger partial charge in [-0.15, -0.1) is 0 Å². The second kappa shape index (κ2) is 8.95. The third kappa shape index (κ3) is 6.50. The molecule has 0 bridgehead atoms. The summed E-state index contributed by atoms with van der Waals surface area (Å²) < 4.78 is 0. The Morgan fingerprint density at radius 1 is 1.09 bits per heavy atom. The van der Waals surface area contributed by atoms with Crippen molar-refractivity contribution in [2.75, 3.05) is 6.61 Å². The van der Waals surface area contributed by atoms with Crippen LogP contribution in [0, 0.1) is 5.92 Å². The van der Waals surface area contributed by atoms with Gasteiger partial charge in [-0.1, -0.05) is 13.8 Å². The fourth-order valence-electron chi connectivity index (χ4n) is 1.54. The number of carboxylic acids is 1. The van der Waals surface area contributed by atoms with Gasteiger partial charge in [-0.25, -0.2) is 4.79 Å². The molecule has 0 aliphatic carbocycles. The number of rotatable bonds is 9. The Hall–Kier alpha value is -2.20. The Balaban J connectivity index is 4.95. The van der Waals surface area contributed by atoms with E-state index in [0.717, 1.165) is 0 Å². The minimum Gasteiger partial charge on any atom is -0.480 e. The molecule has 0 aliphatic rings. The highest BCUT2D eigenvalue weighted by Gasteiger charge is 2.30. The Labute approximate surface area is 127 Å². The molecule has 0 saturated carbocycles. The van der Waals surface area contributed by atoms with E-state index in [-0.39, 0.29) is 5.92 Å². The lowest BCUT2D eigenvalue weighted by molar-refractivity contribution is -0.144. The predicted molar refractivity (Wildman–Crippen MR) is 75.2 cm³/mol. The van der Waals surface area contributed by atoms with Crippen LogP contribution in [-0.4, -0.2) is 58.6 Å². The summed E-state index contributed by atoms with van der Waals surface area (Å²) in [6, 6.07) is -3.76. The number of hydrogen-bond acceptors (Lipinski definition) is 6. The number of aliphatic hydroxyl groups excluding tert-OH is 1. The fourth-order valence-corrected chi connectivity index (χ4v) is 1.54. The second-order valence-electron chi connectivity index (χ2n) is 5.09. The Morgan fingerprint density at radius 2 is 1.64 bits per heavy atom. The van der Waals surface area contributed by atoms with Crippen LogP contribution in [0.15, 0.2) is 0 Å². The van der Waals surface area contributed by atoms with Crippen LogP contribution >= 0.6 is 0 Å². The first-order valence-corrected chi connectivity index (χ1v) is 6.58. The van der Waals surface area contributed by atoms with Crippen molar-refractivity contribution >= 4 is 23.7 Å². The number of nitrogens with one attached hydrogen (secondary N) is 2. The number of carbonyl (C=O) groups excluding carboxylic acids is 3. The number of aliphatic hydroxyl groups is 1. The van der Waals surface area contributed by atoms with E-state index < -0.39 is 54.8 Å². The first-order valence-electron chi connectivity index (χ1n) is 6.58. The summed E-state index contributed by atoms with van der Waals surface area (Å²) in [6.07, 6.45) is -0.573. The number of hydrogen-bond donors (Lipinski definition) is 6. The summed E-state index contributed by atoms with van der Waals surface area (Å²) >= 11 is 0. The zero-order chi connectivity index (χ0) is 17.4. The molecule has 126 valence electrons. The highest BCUT2D eigenvalue weighted by atomic mass is 16.4. The molecular weight excluding hydrogens is 296 g/mol. The molecule has 0 spiro atoms. The van der Waals surface area contributed by atoms with Crippen molar-refractivity contribution in [3.8, 4) is 0 Å². The third-order valence-corrected chi connectivity index (χ3v) is 2.80. The van der Waals surface area contributed by atoms with Crippen molar-refractivity contribution in [3.05, 3.63) is 0 Å². The maximum absolute atomic E-state index is 12.1. The average Bonchev–Trinajstić information content (AvgIpc) is 2.41. The summed E-state index contributed by atoms with van der Waals surface area (Å²) in [7, 11) is 0. The monoisotopic (exact) mass is 318 g/mol. The van der Waals surface area contributed by atoms with E-state index in [2.05, 4.69) is 10.6 Å². The van der Waals surface area contributed by atoms with Gasteiger partial charge in [0.2, 0.25) is 17.7 Å². The van der Waals surface area contributed by atoms with Gasteiger partial charge in [0, 0.05) is 0 Å². The fraction of sp³-hybridized carbons (Fsp3) is 0.667. The van der Waals surface area contributed by atoms with Crippen molar-refractivity contribution in [2.45, 2.75) is 38.4 Å². The molecule has 8 N–H and O–H groups in total. The number of nitrogens with two attached hydrogens (primary N) is 2. The van der Waals surface area contributed by atoms with Gasteiger partial charge < -0.3 is 32.3 Å². The Kier molecular flexibility index (Phi) is 8.05. The van der Waals surface area contributed by atoms with Crippen molar-refractivity contribution in [1.29, 1.82) is 0 Å². The topological polar surface area (TPSA) is 185 Å². The van der Waals surface area contributed by atoms with Crippen LogP contribution in [0.5, 0.6) is 0 Å². The minimum absolute atomic E-state index is 0.377. The number of amides is 3. The highest BCUT2D eigenvalue weighted by Crippen LogP contribution is 2.04. The van der Waals surface area contributed by atoms with Gasteiger partial charge in [-0.2, -0.15) is 0 Å². The average molecular weight is 318 g/mol. The summed E-state index contributed by atoms with van der Waals surface area (Å²) in [5.41, 5.74) is 10.2. The molecule has 0 radical (unpaired) electrons. The van der Waals surface area contributed by atoms with Crippen LogP contribution in [0.2, 0.25) is 0 Å². The smallest absolute Gasteiger partial charge is 0.326 e. The summed E-state index contributed by atoms with van der Waals surface area (Å²) in [4.78, 5) is 45.5. The van der Waals surface area contributed by atoms with Crippen molar-refractivity contribution < 1.29 is 29.4 Å². The lowest BCUT2D eigenvalue weighted by Gasteiger charge is -2.24. The molecule has 0 aliphatic heterocycles. The van der Waals surface area contributed by atoms with E-state index in [1.54, 1.807) is 13.8 Å². The van der Waals surface area contributed by atoms with E-state index >= 15 is 0 Å². The number of primary amides is 1. The molecular formula is C12H22N4O6. The highest BCUT2D eigenvalue weighted by molar-refractivity contribution is 5.93. The molecule has 0 saturated heterocycles. The number of carbonyl (C=O) groups is 4. The summed E-state index contributed by atoms with van der Waals surface area (Å²) in [5, 5.41) is 22.2. The zero-order valence-corrected chi connectivity index (χ0v) is 12.4. The van der Waals surface area contributed by atoms with Crippen molar-refractivity contribution in [1.82, 2.24) is 10.6 Å². The summed E-state index contributed by atoms with van der Waals surface area (Å²) in [5.74, 6) is -4.23. The van der Waals surface area contributed by atoms with E-state index in [4.69, 9.17) is 21.7 Å². The third-order valence-electron chi connectivity index (χ3n) is 2.80. The van der Waals surface area contributed by atoms with Crippen LogP contribution in [0.4, 0.5) is 0 Å². The lowest BCUT2D eigenvalue weighted by Crippen LogP contribution is -2.57. The quantitative estimate of drug-likeness (QED) is 0.260. The molecule has 3 amide bonds. The van der Waals surface area contributed by atoms with E-state index in [1.807, 2.05) is 0 Å². The van der Waals surface area contributed by atoms with Gasteiger partial charge in [-0.05, 0) is 5.92 Å². The first-order chi connectivity index (χ1) is 10.1.